The zero-order valence-corrected chi connectivity index (χ0v) is 10.6. The standard InChI is InChI=1S/C13H11Cl2N/c1-8-6-12(16-7-9(8)2)10-4-3-5-11(14)13(10)15/h3-7H,1-2H3. The maximum atomic E-state index is 6.15. The van der Waals surface area contributed by atoms with E-state index in [1.54, 1.807) is 6.07 Å². The number of hydrogen-bond donors (Lipinski definition) is 0. The van der Waals surface area contributed by atoms with E-state index in [1.165, 1.54) is 11.1 Å². The fourth-order valence-corrected chi connectivity index (χ4v) is 1.87. The number of nitrogens with zero attached hydrogens (tertiary/aromatic N) is 1. The van der Waals surface area contributed by atoms with Crippen molar-refractivity contribution >= 4 is 23.2 Å². The number of rotatable bonds is 1. The van der Waals surface area contributed by atoms with Gasteiger partial charge in [0.15, 0.2) is 0 Å². The summed E-state index contributed by atoms with van der Waals surface area (Å²) in [7, 11) is 0. The Morgan fingerprint density at radius 2 is 1.81 bits per heavy atom. The maximum absolute atomic E-state index is 6.15. The van der Waals surface area contributed by atoms with E-state index < -0.39 is 0 Å². The zero-order chi connectivity index (χ0) is 11.7. The van der Waals surface area contributed by atoms with Gasteiger partial charge >= 0.3 is 0 Å². The van der Waals surface area contributed by atoms with Crippen molar-refractivity contribution in [3.63, 3.8) is 0 Å². The van der Waals surface area contributed by atoms with Crippen molar-refractivity contribution in [1.82, 2.24) is 4.98 Å². The molecule has 0 bridgehead atoms. The first-order chi connectivity index (χ1) is 7.59. The van der Waals surface area contributed by atoms with E-state index in [-0.39, 0.29) is 0 Å². The van der Waals surface area contributed by atoms with Crippen LogP contribution < -0.4 is 0 Å². The topological polar surface area (TPSA) is 12.9 Å². The first kappa shape index (κ1) is 11.4. The molecular formula is C13H11Cl2N. The normalized spacial score (nSPS) is 10.5. The highest BCUT2D eigenvalue weighted by atomic mass is 35.5. The number of aryl methyl sites for hydroxylation is 2. The predicted molar refractivity (Wildman–Crippen MR) is 69.2 cm³/mol. The second kappa shape index (κ2) is 4.44. The molecule has 82 valence electrons. The fraction of sp³-hybridized carbons (Fsp3) is 0.154. The minimum absolute atomic E-state index is 0.555. The van der Waals surface area contributed by atoms with Crippen molar-refractivity contribution in [2.24, 2.45) is 0 Å². The first-order valence-corrected chi connectivity index (χ1v) is 5.73. The number of benzene rings is 1. The van der Waals surface area contributed by atoms with Crippen LogP contribution in [0.5, 0.6) is 0 Å². The summed E-state index contributed by atoms with van der Waals surface area (Å²) in [6, 6.07) is 7.59. The van der Waals surface area contributed by atoms with Crippen LogP contribution in [0.3, 0.4) is 0 Å². The molecule has 1 nitrogen and oxygen atoms in total. The average molecular weight is 252 g/mol. The minimum Gasteiger partial charge on any atom is -0.256 e. The second-order valence-corrected chi connectivity index (χ2v) is 4.54. The molecule has 16 heavy (non-hydrogen) atoms. The van der Waals surface area contributed by atoms with Crippen LogP contribution in [0.4, 0.5) is 0 Å². The lowest BCUT2D eigenvalue weighted by atomic mass is 10.1. The molecule has 0 aliphatic carbocycles. The molecular weight excluding hydrogens is 241 g/mol. The Labute approximate surface area is 105 Å². The highest BCUT2D eigenvalue weighted by Gasteiger charge is 2.08. The predicted octanol–water partition coefficient (Wildman–Crippen LogP) is 4.67. The summed E-state index contributed by atoms with van der Waals surface area (Å²) in [5.41, 5.74) is 4.09. The molecule has 0 spiro atoms. The minimum atomic E-state index is 0.555. The Balaban J connectivity index is 2.59. The maximum Gasteiger partial charge on any atom is 0.0720 e. The van der Waals surface area contributed by atoms with E-state index in [2.05, 4.69) is 11.9 Å². The van der Waals surface area contributed by atoms with E-state index in [9.17, 15) is 0 Å². The Morgan fingerprint density at radius 1 is 1.06 bits per heavy atom. The van der Waals surface area contributed by atoms with E-state index in [1.807, 2.05) is 31.3 Å². The van der Waals surface area contributed by atoms with Gasteiger partial charge in [0.2, 0.25) is 0 Å². The summed E-state index contributed by atoms with van der Waals surface area (Å²) in [6.07, 6.45) is 1.85. The van der Waals surface area contributed by atoms with Gasteiger partial charge in [-0.15, -0.1) is 0 Å². The molecule has 3 heteroatoms. The van der Waals surface area contributed by atoms with E-state index in [0.29, 0.717) is 10.0 Å². The summed E-state index contributed by atoms with van der Waals surface area (Å²) in [4.78, 5) is 4.37. The second-order valence-electron chi connectivity index (χ2n) is 3.76. The van der Waals surface area contributed by atoms with Crippen LogP contribution in [0, 0.1) is 13.8 Å². The zero-order valence-electron chi connectivity index (χ0n) is 9.09. The van der Waals surface area contributed by atoms with E-state index >= 15 is 0 Å². The molecule has 0 atom stereocenters. The Kier molecular flexibility index (Phi) is 3.17. The molecule has 0 saturated carbocycles. The molecule has 1 heterocycles. The van der Waals surface area contributed by atoms with Crippen molar-refractivity contribution in [2.45, 2.75) is 13.8 Å². The quantitative estimate of drug-likeness (QED) is 0.718. The largest absolute Gasteiger partial charge is 0.256 e. The molecule has 0 amide bonds. The highest BCUT2D eigenvalue weighted by Crippen LogP contribution is 2.32. The van der Waals surface area contributed by atoms with Crippen molar-refractivity contribution in [1.29, 1.82) is 0 Å². The third-order valence-corrected chi connectivity index (χ3v) is 3.42. The lowest BCUT2D eigenvalue weighted by Gasteiger charge is -2.07. The van der Waals surface area contributed by atoms with Gasteiger partial charge in [0, 0.05) is 11.8 Å². The molecule has 1 aromatic carbocycles. The van der Waals surface area contributed by atoms with Gasteiger partial charge in [-0.25, -0.2) is 0 Å². The Hall–Kier alpha value is -1.05. The monoisotopic (exact) mass is 251 g/mol. The summed E-state index contributed by atoms with van der Waals surface area (Å²) in [6.45, 7) is 4.09. The number of aromatic nitrogens is 1. The van der Waals surface area contributed by atoms with Crippen molar-refractivity contribution in [2.75, 3.05) is 0 Å². The van der Waals surface area contributed by atoms with Gasteiger partial charge in [-0.1, -0.05) is 35.3 Å². The fourth-order valence-electron chi connectivity index (χ4n) is 1.47. The molecule has 0 saturated heterocycles. The third kappa shape index (κ3) is 2.06. The molecule has 1 aromatic heterocycles. The number of hydrogen-bond acceptors (Lipinski definition) is 1. The van der Waals surface area contributed by atoms with Crippen molar-refractivity contribution < 1.29 is 0 Å². The SMILES string of the molecule is Cc1cnc(-c2cccc(Cl)c2Cl)cc1C. The van der Waals surface area contributed by atoms with Crippen LogP contribution in [-0.2, 0) is 0 Å². The Morgan fingerprint density at radius 3 is 2.50 bits per heavy atom. The van der Waals surface area contributed by atoms with Gasteiger partial charge in [0.25, 0.3) is 0 Å². The van der Waals surface area contributed by atoms with Gasteiger partial charge < -0.3 is 0 Å². The van der Waals surface area contributed by atoms with Crippen molar-refractivity contribution in [3.05, 3.63) is 51.6 Å². The molecule has 0 aliphatic heterocycles. The van der Waals surface area contributed by atoms with Gasteiger partial charge in [-0.2, -0.15) is 0 Å². The van der Waals surface area contributed by atoms with E-state index in [4.69, 9.17) is 23.2 Å². The number of pyridine rings is 1. The summed E-state index contributed by atoms with van der Waals surface area (Å²) in [5, 5.41) is 1.11. The van der Waals surface area contributed by atoms with Gasteiger partial charge in [-0.3, -0.25) is 4.98 Å². The third-order valence-electron chi connectivity index (χ3n) is 2.60. The van der Waals surface area contributed by atoms with Gasteiger partial charge in [0.05, 0.1) is 15.7 Å². The highest BCUT2D eigenvalue weighted by molar-refractivity contribution is 6.43. The van der Waals surface area contributed by atoms with Crippen LogP contribution in [-0.4, -0.2) is 4.98 Å². The van der Waals surface area contributed by atoms with Crippen LogP contribution in [0.1, 0.15) is 11.1 Å². The van der Waals surface area contributed by atoms with Crippen molar-refractivity contribution in [3.8, 4) is 11.3 Å². The van der Waals surface area contributed by atoms with Crippen LogP contribution >= 0.6 is 23.2 Å². The lowest BCUT2D eigenvalue weighted by molar-refractivity contribution is 1.22. The summed E-state index contributed by atoms with van der Waals surface area (Å²) in [5.74, 6) is 0. The summed E-state index contributed by atoms with van der Waals surface area (Å²) >= 11 is 12.1. The molecule has 0 aliphatic rings. The summed E-state index contributed by atoms with van der Waals surface area (Å²) < 4.78 is 0. The Bertz CT molecular complexity index is 535. The molecule has 0 unspecified atom stereocenters. The molecule has 2 rings (SSSR count). The van der Waals surface area contributed by atoms with Gasteiger partial charge in [0.1, 0.15) is 0 Å². The average Bonchev–Trinajstić information content (AvgIpc) is 2.26. The molecule has 0 radical (unpaired) electrons. The van der Waals surface area contributed by atoms with Crippen LogP contribution in [0.25, 0.3) is 11.3 Å². The molecule has 0 fully saturated rings. The lowest BCUT2D eigenvalue weighted by Crippen LogP contribution is -1.89. The molecule has 2 aromatic rings. The van der Waals surface area contributed by atoms with Gasteiger partial charge in [-0.05, 0) is 37.1 Å². The van der Waals surface area contributed by atoms with E-state index in [0.717, 1.165) is 11.3 Å². The first-order valence-electron chi connectivity index (χ1n) is 4.97. The molecule has 0 N–H and O–H groups in total. The van der Waals surface area contributed by atoms with Crippen LogP contribution in [0.2, 0.25) is 10.0 Å². The van der Waals surface area contributed by atoms with Crippen LogP contribution in [0.15, 0.2) is 30.5 Å². The number of halogens is 2. The smallest absolute Gasteiger partial charge is 0.0720 e.